The van der Waals surface area contributed by atoms with Gasteiger partial charge in [0.15, 0.2) is 0 Å². The summed E-state index contributed by atoms with van der Waals surface area (Å²) >= 11 is 5.69. The molecule has 21 heavy (non-hydrogen) atoms. The number of hydrogen-bond acceptors (Lipinski definition) is 4. The maximum Gasteiger partial charge on any atom is 0.269 e. The molecular weight excluding hydrogens is 316 g/mol. The van der Waals surface area contributed by atoms with Gasteiger partial charge in [0.1, 0.15) is 11.5 Å². The van der Waals surface area contributed by atoms with E-state index in [0.717, 1.165) is 0 Å². The largest absolute Gasteiger partial charge is 0.466 e. The lowest BCUT2D eigenvalue weighted by molar-refractivity contribution is 0.0943. The van der Waals surface area contributed by atoms with Crippen LogP contribution in [0.2, 0.25) is 5.02 Å². The number of sulfonamides is 1. The zero-order valence-corrected chi connectivity index (χ0v) is 12.9. The number of aryl methyl sites for hydroxylation is 2. The molecule has 0 spiro atoms. The van der Waals surface area contributed by atoms with Crippen molar-refractivity contribution in [3.63, 3.8) is 0 Å². The maximum atomic E-state index is 12.0. The van der Waals surface area contributed by atoms with E-state index < -0.39 is 15.9 Å². The molecule has 1 aromatic carbocycles. The second-order valence-corrected chi connectivity index (χ2v) is 6.46. The third kappa shape index (κ3) is 3.63. The normalized spacial score (nSPS) is 11.4. The van der Waals surface area contributed by atoms with E-state index in [0.29, 0.717) is 16.5 Å². The molecule has 1 amide bonds. The first-order chi connectivity index (χ1) is 9.79. The summed E-state index contributed by atoms with van der Waals surface area (Å²) in [5.74, 6) is 0.385. The highest BCUT2D eigenvalue weighted by Gasteiger charge is 2.18. The van der Waals surface area contributed by atoms with Crippen LogP contribution < -0.4 is 10.3 Å². The van der Waals surface area contributed by atoms with Crippen molar-refractivity contribution in [3.8, 4) is 0 Å². The Labute approximate surface area is 127 Å². The Bertz CT molecular complexity index is 766. The summed E-state index contributed by atoms with van der Waals surface area (Å²) in [5.41, 5.74) is 2.41. The number of halogens is 1. The molecule has 0 atom stereocenters. The van der Waals surface area contributed by atoms with E-state index in [9.17, 15) is 13.2 Å². The van der Waals surface area contributed by atoms with E-state index >= 15 is 0 Å². The molecule has 0 radical (unpaired) electrons. The minimum atomic E-state index is -3.86. The van der Waals surface area contributed by atoms with Crippen LogP contribution in [0.4, 0.5) is 0 Å². The summed E-state index contributed by atoms with van der Waals surface area (Å²) in [5, 5.41) is 0.419. The van der Waals surface area contributed by atoms with Crippen LogP contribution in [-0.4, -0.2) is 14.3 Å². The van der Waals surface area contributed by atoms with Crippen LogP contribution in [0.5, 0.6) is 0 Å². The zero-order chi connectivity index (χ0) is 15.6. The van der Waals surface area contributed by atoms with Crippen molar-refractivity contribution >= 4 is 27.5 Å². The highest BCUT2D eigenvalue weighted by atomic mass is 35.5. The number of nitrogens with one attached hydrogen (secondary N) is 2. The van der Waals surface area contributed by atoms with Crippen LogP contribution in [0, 0.1) is 13.8 Å². The molecule has 0 aliphatic carbocycles. The second-order valence-electron chi connectivity index (χ2n) is 4.34. The van der Waals surface area contributed by atoms with Gasteiger partial charge in [-0.3, -0.25) is 10.2 Å². The number of hydrazine groups is 1. The molecule has 0 unspecified atom stereocenters. The van der Waals surface area contributed by atoms with Crippen LogP contribution >= 0.6 is 11.6 Å². The Morgan fingerprint density at radius 2 is 1.81 bits per heavy atom. The number of rotatable bonds is 4. The van der Waals surface area contributed by atoms with Gasteiger partial charge in [-0.15, -0.1) is 4.83 Å². The molecule has 2 N–H and O–H groups in total. The zero-order valence-electron chi connectivity index (χ0n) is 11.3. The van der Waals surface area contributed by atoms with Crippen LogP contribution in [0.25, 0.3) is 0 Å². The Morgan fingerprint density at radius 1 is 1.19 bits per heavy atom. The van der Waals surface area contributed by atoms with Crippen molar-refractivity contribution in [2.45, 2.75) is 18.7 Å². The number of benzene rings is 1. The Hall–Kier alpha value is -1.83. The van der Waals surface area contributed by atoms with Crippen molar-refractivity contribution in [3.05, 3.63) is 52.4 Å². The molecule has 0 aliphatic heterocycles. The first kappa shape index (κ1) is 15.6. The fourth-order valence-corrected chi connectivity index (χ4v) is 2.68. The van der Waals surface area contributed by atoms with Gasteiger partial charge in [-0.2, -0.15) is 0 Å². The molecule has 0 bridgehead atoms. The average Bonchev–Trinajstić information content (AvgIpc) is 2.76. The average molecular weight is 329 g/mol. The predicted molar refractivity (Wildman–Crippen MR) is 77.4 cm³/mol. The topological polar surface area (TPSA) is 88.4 Å². The van der Waals surface area contributed by atoms with Crippen molar-refractivity contribution in [2.75, 3.05) is 0 Å². The molecule has 0 fully saturated rings. The van der Waals surface area contributed by atoms with Crippen LogP contribution in [0.3, 0.4) is 0 Å². The molecule has 2 rings (SSSR count). The predicted octanol–water partition coefficient (Wildman–Crippen LogP) is 2.17. The molecule has 1 heterocycles. The summed E-state index contributed by atoms with van der Waals surface area (Å²) in [6.07, 6.45) is 0. The fourth-order valence-electron chi connectivity index (χ4n) is 1.71. The van der Waals surface area contributed by atoms with Gasteiger partial charge >= 0.3 is 0 Å². The van der Waals surface area contributed by atoms with Crippen LogP contribution in [0.15, 0.2) is 39.6 Å². The van der Waals surface area contributed by atoms with Gasteiger partial charge in [0, 0.05) is 5.02 Å². The maximum absolute atomic E-state index is 12.0. The third-order valence-electron chi connectivity index (χ3n) is 2.71. The van der Waals surface area contributed by atoms with Gasteiger partial charge < -0.3 is 4.42 Å². The van der Waals surface area contributed by atoms with E-state index in [1.165, 1.54) is 30.3 Å². The quantitative estimate of drug-likeness (QED) is 0.842. The van der Waals surface area contributed by atoms with Gasteiger partial charge in [0.25, 0.3) is 15.9 Å². The molecule has 8 heteroatoms. The number of furan rings is 1. The lowest BCUT2D eigenvalue weighted by Crippen LogP contribution is -2.41. The SMILES string of the molecule is Cc1cc(C(=O)NNS(=O)(=O)c2ccc(Cl)cc2)c(C)o1. The van der Waals surface area contributed by atoms with Gasteiger partial charge in [-0.05, 0) is 44.2 Å². The molecule has 112 valence electrons. The van der Waals surface area contributed by atoms with E-state index in [1.807, 2.05) is 4.83 Å². The summed E-state index contributed by atoms with van der Waals surface area (Å²) in [4.78, 5) is 13.9. The first-order valence-electron chi connectivity index (χ1n) is 5.94. The molecule has 1 aromatic heterocycles. The summed E-state index contributed by atoms with van der Waals surface area (Å²) < 4.78 is 29.2. The first-order valence-corrected chi connectivity index (χ1v) is 7.80. The van der Waals surface area contributed by atoms with Crippen molar-refractivity contribution in [1.29, 1.82) is 0 Å². The lowest BCUT2D eigenvalue weighted by Gasteiger charge is -2.08. The molecule has 0 saturated carbocycles. The third-order valence-corrected chi connectivity index (χ3v) is 4.22. The summed E-state index contributed by atoms with van der Waals surface area (Å²) in [7, 11) is -3.86. The van der Waals surface area contributed by atoms with E-state index in [2.05, 4.69) is 5.43 Å². The molecule has 0 aliphatic rings. The highest BCUT2D eigenvalue weighted by molar-refractivity contribution is 7.89. The van der Waals surface area contributed by atoms with E-state index in [-0.39, 0.29) is 10.5 Å². The number of carbonyl (C=O) groups excluding carboxylic acids is 1. The summed E-state index contributed by atoms with van der Waals surface area (Å²) in [6, 6.07) is 7.10. The van der Waals surface area contributed by atoms with Crippen molar-refractivity contribution in [1.82, 2.24) is 10.3 Å². The fraction of sp³-hybridized carbons (Fsp3) is 0.154. The molecular formula is C13H13ClN2O4S. The second kappa shape index (κ2) is 5.88. The minimum absolute atomic E-state index is 0.00713. The van der Waals surface area contributed by atoms with Gasteiger partial charge in [-0.25, -0.2) is 8.42 Å². The monoisotopic (exact) mass is 328 g/mol. The van der Waals surface area contributed by atoms with Gasteiger partial charge in [-0.1, -0.05) is 11.6 Å². The Morgan fingerprint density at radius 3 is 2.33 bits per heavy atom. The molecule has 2 aromatic rings. The molecule has 0 saturated heterocycles. The van der Waals surface area contributed by atoms with Crippen LogP contribution in [0.1, 0.15) is 21.9 Å². The van der Waals surface area contributed by atoms with Crippen molar-refractivity contribution in [2.24, 2.45) is 0 Å². The standard InChI is InChI=1S/C13H13ClN2O4S/c1-8-7-12(9(2)20-8)13(17)15-16-21(18,19)11-5-3-10(14)4-6-11/h3-7,16H,1-2H3,(H,15,17). The van der Waals surface area contributed by atoms with Crippen LogP contribution in [-0.2, 0) is 10.0 Å². The van der Waals surface area contributed by atoms with Gasteiger partial charge in [0.05, 0.1) is 10.5 Å². The minimum Gasteiger partial charge on any atom is -0.466 e. The number of amides is 1. The van der Waals surface area contributed by atoms with E-state index in [4.69, 9.17) is 16.0 Å². The number of carbonyl (C=O) groups is 1. The van der Waals surface area contributed by atoms with E-state index in [1.54, 1.807) is 13.8 Å². The Kier molecular flexibility index (Phi) is 4.36. The van der Waals surface area contributed by atoms with Crippen molar-refractivity contribution < 1.29 is 17.6 Å². The molecule has 6 nitrogen and oxygen atoms in total. The summed E-state index contributed by atoms with van der Waals surface area (Å²) in [6.45, 7) is 3.32. The smallest absolute Gasteiger partial charge is 0.269 e. The highest BCUT2D eigenvalue weighted by Crippen LogP contribution is 2.15. The number of hydrogen-bond donors (Lipinski definition) is 2. The van der Waals surface area contributed by atoms with Gasteiger partial charge in [0.2, 0.25) is 0 Å². The lowest BCUT2D eigenvalue weighted by atomic mass is 10.2. The Balaban J connectivity index is 2.10.